The molecule has 4 nitrogen and oxygen atoms in total. The Kier molecular flexibility index (Phi) is 6.74. The molecule has 0 radical (unpaired) electrons. The first-order valence-corrected chi connectivity index (χ1v) is 12.9. The first-order chi connectivity index (χ1) is 14.7. The van der Waals surface area contributed by atoms with Gasteiger partial charge in [-0.05, 0) is 113 Å². The molecule has 31 heavy (non-hydrogen) atoms. The van der Waals surface area contributed by atoms with Crippen molar-refractivity contribution in [2.45, 2.75) is 110 Å². The Bertz CT molecular complexity index is 701. The number of aliphatic hydroxyl groups is 1. The summed E-state index contributed by atoms with van der Waals surface area (Å²) in [6, 6.07) is 0. The van der Waals surface area contributed by atoms with Crippen LogP contribution in [0.1, 0.15) is 98.3 Å². The van der Waals surface area contributed by atoms with Gasteiger partial charge in [-0.15, -0.1) is 0 Å². The lowest BCUT2D eigenvalue weighted by molar-refractivity contribution is -0.137. The Balaban J connectivity index is 1.39. The fourth-order valence-electron chi connectivity index (χ4n) is 8.13. The van der Waals surface area contributed by atoms with E-state index in [1.807, 2.05) is 19.9 Å². The Labute approximate surface area is 189 Å². The molecule has 2 unspecified atom stereocenters. The number of hydrogen-bond donors (Lipinski definition) is 1. The maximum absolute atomic E-state index is 12.0. The van der Waals surface area contributed by atoms with Crippen LogP contribution in [-0.2, 0) is 14.3 Å². The highest BCUT2D eigenvalue weighted by Gasteiger charge is 2.63. The van der Waals surface area contributed by atoms with Crippen molar-refractivity contribution in [1.29, 1.82) is 0 Å². The minimum atomic E-state index is -0.534. The Hall–Kier alpha value is -0.710. The van der Waals surface area contributed by atoms with E-state index in [-0.39, 0.29) is 17.1 Å². The summed E-state index contributed by atoms with van der Waals surface area (Å²) in [4.78, 5) is 12.0. The second-order valence-corrected chi connectivity index (χ2v) is 11.3. The number of ketones is 1. The van der Waals surface area contributed by atoms with Gasteiger partial charge in [0.25, 0.3) is 0 Å². The predicted molar refractivity (Wildman–Crippen MR) is 123 cm³/mol. The zero-order valence-electron chi connectivity index (χ0n) is 20.3. The van der Waals surface area contributed by atoms with E-state index in [1.54, 1.807) is 0 Å². The second kappa shape index (κ2) is 8.91. The minimum absolute atomic E-state index is 0.0374. The van der Waals surface area contributed by atoms with Crippen LogP contribution in [0.2, 0.25) is 0 Å². The molecule has 3 fully saturated rings. The van der Waals surface area contributed by atoms with Gasteiger partial charge in [-0.25, -0.2) is 0 Å². The number of rotatable bonds is 8. The number of fused-ring (bicyclic) bond motifs is 5. The number of ether oxygens (including phenoxy) is 2. The van der Waals surface area contributed by atoms with Crippen LogP contribution in [0.3, 0.4) is 0 Å². The summed E-state index contributed by atoms with van der Waals surface area (Å²) in [5.74, 6) is 2.36. The van der Waals surface area contributed by atoms with Gasteiger partial charge in [0.15, 0.2) is 12.1 Å². The molecule has 0 aliphatic heterocycles. The molecule has 0 aromatic rings. The van der Waals surface area contributed by atoms with Gasteiger partial charge in [0.05, 0.1) is 5.60 Å². The van der Waals surface area contributed by atoms with Gasteiger partial charge >= 0.3 is 0 Å². The van der Waals surface area contributed by atoms with Crippen molar-refractivity contribution >= 4 is 5.78 Å². The van der Waals surface area contributed by atoms with Crippen LogP contribution in [0.15, 0.2) is 11.6 Å². The Morgan fingerprint density at radius 2 is 1.84 bits per heavy atom. The lowest BCUT2D eigenvalue weighted by atomic mass is 9.46. The molecule has 3 saturated carbocycles. The predicted octanol–water partition coefficient (Wildman–Crippen LogP) is 5.82. The van der Waals surface area contributed by atoms with Crippen molar-refractivity contribution in [3.63, 3.8) is 0 Å². The molecule has 4 rings (SSSR count). The van der Waals surface area contributed by atoms with E-state index in [2.05, 4.69) is 13.8 Å². The normalized spacial score (nSPS) is 43.1. The van der Waals surface area contributed by atoms with Gasteiger partial charge in [0.2, 0.25) is 0 Å². The summed E-state index contributed by atoms with van der Waals surface area (Å²) in [6.45, 7) is 10.1. The van der Waals surface area contributed by atoms with Gasteiger partial charge in [0, 0.05) is 19.6 Å². The van der Waals surface area contributed by atoms with Crippen molar-refractivity contribution in [2.24, 2.45) is 28.6 Å². The fourth-order valence-corrected chi connectivity index (χ4v) is 8.13. The summed E-state index contributed by atoms with van der Waals surface area (Å²) < 4.78 is 11.2. The first-order valence-electron chi connectivity index (χ1n) is 12.9. The molecule has 7 atom stereocenters. The zero-order valence-corrected chi connectivity index (χ0v) is 20.3. The first kappa shape index (κ1) is 23.4. The SMILES string of the molecule is CCOC(C)OCCCCC1(O)CC[C@H]2[C@@H]3CCC4=CC(=O)CC[C@]4(C)[C@@H]3CC[C@@]21C. The van der Waals surface area contributed by atoms with Crippen molar-refractivity contribution in [3.05, 3.63) is 11.6 Å². The van der Waals surface area contributed by atoms with Crippen LogP contribution in [0.4, 0.5) is 0 Å². The molecular formula is C27H44O4. The topological polar surface area (TPSA) is 55.8 Å². The van der Waals surface area contributed by atoms with Crippen molar-refractivity contribution < 1.29 is 19.4 Å². The van der Waals surface area contributed by atoms with E-state index in [0.717, 1.165) is 51.4 Å². The maximum Gasteiger partial charge on any atom is 0.155 e. The molecule has 0 aromatic carbocycles. The highest BCUT2D eigenvalue weighted by molar-refractivity contribution is 5.91. The van der Waals surface area contributed by atoms with E-state index in [0.29, 0.717) is 36.8 Å². The molecular weight excluding hydrogens is 388 g/mol. The summed E-state index contributed by atoms with van der Waals surface area (Å²) >= 11 is 0. The third-order valence-electron chi connectivity index (χ3n) is 10.0. The molecule has 0 saturated heterocycles. The van der Waals surface area contributed by atoms with Gasteiger partial charge in [0.1, 0.15) is 0 Å². The number of carbonyl (C=O) groups is 1. The Morgan fingerprint density at radius 1 is 1.06 bits per heavy atom. The lowest BCUT2D eigenvalue weighted by Gasteiger charge is -2.59. The third-order valence-corrected chi connectivity index (χ3v) is 10.0. The second-order valence-electron chi connectivity index (χ2n) is 11.3. The third kappa shape index (κ3) is 4.06. The average molecular weight is 433 g/mol. The molecule has 4 aliphatic rings. The standard InChI is InChI=1S/C27H44O4/c1-5-30-19(2)31-17-7-6-13-27(29)16-12-24-22-9-8-20-18-21(28)10-14-25(20,3)23(22)11-15-26(24,27)4/h18-19,22-24,29H,5-17H2,1-4H3/t19?,22-,23-,24+,25+,26+,27?/m1/s1. The molecule has 4 heteroatoms. The fraction of sp³-hybridized carbons (Fsp3) is 0.889. The van der Waals surface area contributed by atoms with Gasteiger partial charge in [-0.3, -0.25) is 4.79 Å². The molecule has 0 bridgehead atoms. The highest BCUT2D eigenvalue weighted by Crippen LogP contribution is 2.68. The molecule has 1 N–H and O–H groups in total. The number of unbranched alkanes of at least 4 members (excludes halogenated alkanes) is 1. The van der Waals surface area contributed by atoms with E-state index in [1.165, 1.54) is 24.8 Å². The molecule has 0 heterocycles. The quantitative estimate of drug-likeness (QED) is 0.388. The number of carbonyl (C=O) groups excluding carboxylic acids is 1. The molecule has 0 aromatic heterocycles. The maximum atomic E-state index is 12.0. The zero-order chi connectivity index (χ0) is 22.3. The van der Waals surface area contributed by atoms with Crippen LogP contribution < -0.4 is 0 Å². The summed E-state index contributed by atoms with van der Waals surface area (Å²) in [6.07, 6.45) is 13.2. The van der Waals surface area contributed by atoms with E-state index in [9.17, 15) is 9.90 Å². The highest BCUT2D eigenvalue weighted by atomic mass is 16.7. The van der Waals surface area contributed by atoms with Crippen molar-refractivity contribution in [1.82, 2.24) is 0 Å². The van der Waals surface area contributed by atoms with Crippen LogP contribution in [0, 0.1) is 28.6 Å². The van der Waals surface area contributed by atoms with Gasteiger partial charge < -0.3 is 14.6 Å². The van der Waals surface area contributed by atoms with Crippen LogP contribution in [-0.4, -0.2) is 36.0 Å². The average Bonchev–Trinajstić information content (AvgIpc) is 2.99. The molecule has 176 valence electrons. The van der Waals surface area contributed by atoms with E-state index in [4.69, 9.17) is 9.47 Å². The summed E-state index contributed by atoms with van der Waals surface area (Å²) in [7, 11) is 0. The summed E-state index contributed by atoms with van der Waals surface area (Å²) in [5.41, 5.74) is 1.15. The molecule has 0 amide bonds. The van der Waals surface area contributed by atoms with Crippen LogP contribution in [0.5, 0.6) is 0 Å². The minimum Gasteiger partial charge on any atom is -0.389 e. The van der Waals surface area contributed by atoms with Crippen LogP contribution >= 0.6 is 0 Å². The lowest BCUT2D eigenvalue weighted by Crippen LogP contribution is -2.54. The van der Waals surface area contributed by atoms with E-state index < -0.39 is 5.60 Å². The number of hydrogen-bond acceptors (Lipinski definition) is 4. The monoisotopic (exact) mass is 432 g/mol. The van der Waals surface area contributed by atoms with Gasteiger partial charge in [-0.2, -0.15) is 0 Å². The van der Waals surface area contributed by atoms with Crippen molar-refractivity contribution in [2.75, 3.05) is 13.2 Å². The molecule has 0 spiro atoms. The van der Waals surface area contributed by atoms with Crippen LogP contribution in [0.25, 0.3) is 0 Å². The van der Waals surface area contributed by atoms with E-state index >= 15 is 0 Å². The van der Waals surface area contributed by atoms with Gasteiger partial charge in [-0.1, -0.05) is 19.4 Å². The number of allylic oxidation sites excluding steroid dienone is 1. The largest absolute Gasteiger partial charge is 0.389 e. The van der Waals surface area contributed by atoms with Crippen molar-refractivity contribution in [3.8, 4) is 0 Å². The Morgan fingerprint density at radius 3 is 2.61 bits per heavy atom. The smallest absolute Gasteiger partial charge is 0.155 e. The summed E-state index contributed by atoms with van der Waals surface area (Å²) in [5, 5.41) is 11.8. The molecule has 4 aliphatic carbocycles.